The van der Waals surface area contributed by atoms with E-state index in [1.54, 1.807) is 6.20 Å². The summed E-state index contributed by atoms with van der Waals surface area (Å²) in [6, 6.07) is 20.3. The van der Waals surface area contributed by atoms with Crippen LogP contribution in [0.4, 0.5) is 5.69 Å². The van der Waals surface area contributed by atoms with E-state index in [-0.39, 0.29) is 0 Å². The lowest BCUT2D eigenvalue weighted by Gasteiger charge is -2.26. The molecule has 0 unspecified atom stereocenters. The molecule has 0 bridgehead atoms. The highest BCUT2D eigenvalue weighted by Gasteiger charge is 2.12. The number of anilines is 1. The Morgan fingerprint density at radius 2 is 1.50 bits per heavy atom. The summed E-state index contributed by atoms with van der Waals surface area (Å²) in [5.74, 6) is 0. The lowest BCUT2D eigenvalue weighted by atomic mass is 10.2. The third-order valence-corrected chi connectivity index (χ3v) is 5.18. The molecule has 1 N–H and O–H groups in total. The van der Waals surface area contributed by atoms with Gasteiger partial charge in [-0.3, -0.25) is 4.98 Å². The molecule has 26 heavy (non-hydrogen) atoms. The van der Waals surface area contributed by atoms with Crippen LogP contribution in [0.3, 0.4) is 0 Å². The minimum Gasteiger partial charge on any atom is -0.340 e. The van der Waals surface area contributed by atoms with Crippen molar-refractivity contribution in [2.45, 2.75) is 13.1 Å². The van der Waals surface area contributed by atoms with Crippen molar-refractivity contribution in [3.05, 3.63) is 93.1 Å². The molecule has 3 aromatic rings. The van der Waals surface area contributed by atoms with Gasteiger partial charge in [-0.2, -0.15) is 0 Å². The zero-order valence-corrected chi connectivity index (χ0v) is 17.9. The highest BCUT2D eigenvalue weighted by Crippen LogP contribution is 2.17. The van der Waals surface area contributed by atoms with Crippen LogP contribution in [-0.2, 0) is 13.1 Å². The first-order chi connectivity index (χ1) is 12.6. The van der Waals surface area contributed by atoms with E-state index in [1.807, 2.05) is 48.7 Å². The van der Waals surface area contributed by atoms with Gasteiger partial charge >= 0.3 is 0 Å². The zero-order chi connectivity index (χ0) is 18.4. The normalized spacial score (nSPS) is 10.4. The van der Waals surface area contributed by atoms with Crippen molar-refractivity contribution in [3.63, 3.8) is 0 Å². The predicted molar refractivity (Wildman–Crippen MR) is 118 cm³/mol. The average molecular weight is 491 g/mol. The molecule has 3 rings (SSSR count). The fraction of sp³-hybridized carbons (Fsp3) is 0.100. The minimum atomic E-state index is 0.680. The summed E-state index contributed by atoms with van der Waals surface area (Å²) in [6.45, 7) is 1.40. The standard InChI is InChI=1S/C20H17Br2N3S/c21-17-5-3-15(4-6-17)13-25(14-16-2-1-11-23-12-16)20(26)24-19-9-7-18(22)8-10-19/h1-12H,13-14H2,(H,24,26). The fourth-order valence-electron chi connectivity index (χ4n) is 2.46. The second kappa shape index (κ2) is 9.26. The largest absolute Gasteiger partial charge is 0.340 e. The highest BCUT2D eigenvalue weighted by atomic mass is 79.9. The van der Waals surface area contributed by atoms with Gasteiger partial charge in [-0.15, -0.1) is 0 Å². The Bertz CT molecular complexity index is 852. The fourth-order valence-corrected chi connectivity index (χ4v) is 3.23. The summed E-state index contributed by atoms with van der Waals surface area (Å²) < 4.78 is 2.10. The van der Waals surface area contributed by atoms with E-state index in [0.717, 1.165) is 20.2 Å². The summed E-state index contributed by atoms with van der Waals surface area (Å²) in [4.78, 5) is 6.34. The van der Waals surface area contributed by atoms with Gasteiger partial charge in [-0.25, -0.2) is 0 Å². The van der Waals surface area contributed by atoms with Crippen molar-refractivity contribution < 1.29 is 0 Å². The molecule has 0 saturated heterocycles. The summed E-state index contributed by atoms with van der Waals surface area (Å²) in [6.07, 6.45) is 3.65. The second-order valence-corrected chi connectivity index (χ2v) is 8.00. The summed E-state index contributed by atoms with van der Waals surface area (Å²) in [7, 11) is 0. The molecule has 132 valence electrons. The second-order valence-electron chi connectivity index (χ2n) is 5.78. The van der Waals surface area contributed by atoms with Crippen molar-refractivity contribution in [3.8, 4) is 0 Å². The molecular weight excluding hydrogens is 474 g/mol. The lowest BCUT2D eigenvalue weighted by molar-refractivity contribution is 0.412. The maximum atomic E-state index is 5.69. The van der Waals surface area contributed by atoms with Crippen molar-refractivity contribution >= 4 is 54.9 Å². The monoisotopic (exact) mass is 489 g/mol. The maximum absolute atomic E-state index is 5.69. The molecule has 1 aromatic heterocycles. The molecule has 0 spiro atoms. The third kappa shape index (κ3) is 5.62. The van der Waals surface area contributed by atoms with Gasteiger partial charge in [0.1, 0.15) is 0 Å². The lowest BCUT2D eigenvalue weighted by Crippen LogP contribution is -2.33. The van der Waals surface area contributed by atoms with Gasteiger partial charge < -0.3 is 10.2 Å². The Kier molecular flexibility index (Phi) is 6.77. The predicted octanol–water partition coefficient (Wildman–Crippen LogP) is 6.01. The van der Waals surface area contributed by atoms with E-state index < -0.39 is 0 Å². The van der Waals surface area contributed by atoms with Crippen molar-refractivity contribution in [1.82, 2.24) is 9.88 Å². The SMILES string of the molecule is S=C(Nc1ccc(Br)cc1)N(Cc1ccc(Br)cc1)Cc1cccnc1. The first-order valence-corrected chi connectivity index (χ1v) is 10.0. The zero-order valence-electron chi connectivity index (χ0n) is 13.9. The number of benzene rings is 2. The number of nitrogens with zero attached hydrogens (tertiary/aromatic N) is 2. The summed E-state index contributed by atoms with van der Waals surface area (Å²) >= 11 is 12.6. The number of halogens is 2. The van der Waals surface area contributed by atoms with Gasteiger partial charge in [-0.05, 0) is 65.8 Å². The molecular formula is C20H17Br2N3S. The third-order valence-electron chi connectivity index (χ3n) is 3.77. The Labute approximate surface area is 175 Å². The number of hydrogen-bond acceptors (Lipinski definition) is 2. The van der Waals surface area contributed by atoms with Gasteiger partial charge in [-0.1, -0.05) is 50.1 Å². The number of nitrogens with one attached hydrogen (secondary N) is 1. The molecule has 0 aliphatic carbocycles. The first-order valence-electron chi connectivity index (χ1n) is 8.05. The average Bonchev–Trinajstić information content (AvgIpc) is 2.65. The van der Waals surface area contributed by atoms with Gasteiger partial charge in [0.05, 0.1) is 0 Å². The van der Waals surface area contributed by atoms with Crippen molar-refractivity contribution in [2.24, 2.45) is 0 Å². The Morgan fingerprint density at radius 1 is 0.885 bits per heavy atom. The summed E-state index contributed by atoms with van der Waals surface area (Å²) in [5, 5.41) is 4.01. The van der Waals surface area contributed by atoms with Crippen molar-refractivity contribution in [2.75, 3.05) is 5.32 Å². The number of hydrogen-bond donors (Lipinski definition) is 1. The molecule has 0 radical (unpaired) electrons. The minimum absolute atomic E-state index is 0.680. The van der Waals surface area contributed by atoms with Crippen LogP contribution >= 0.6 is 44.1 Å². The molecule has 0 amide bonds. The van der Waals surface area contributed by atoms with Crippen LogP contribution in [0.5, 0.6) is 0 Å². The van der Waals surface area contributed by atoms with Gasteiger partial charge in [0.2, 0.25) is 0 Å². The molecule has 6 heteroatoms. The Balaban J connectivity index is 1.77. The van der Waals surface area contributed by atoms with Crippen LogP contribution in [0.2, 0.25) is 0 Å². The number of thiocarbonyl (C=S) groups is 1. The smallest absolute Gasteiger partial charge is 0.174 e. The van der Waals surface area contributed by atoms with Crippen LogP contribution in [0.15, 0.2) is 82.0 Å². The molecule has 0 saturated carbocycles. The van der Waals surface area contributed by atoms with Crippen LogP contribution in [0.1, 0.15) is 11.1 Å². The van der Waals surface area contributed by atoms with Gasteiger partial charge in [0.25, 0.3) is 0 Å². The van der Waals surface area contributed by atoms with Crippen molar-refractivity contribution in [1.29, 1.82) is 0 Å². The Morgan fingerprint density at radius 3 is 2.12 bits per heavy atom. The van der Waals surface area contributed by atoms with E-state index >= 15 is 0 Å². The molecule has 3 nitrogen and oxygen atoms in total. The maximum Gasteiger partial charge on any atom is 0.174 e. The summed E-state index contributed by atoms with van der Waals surface area (Å²) in [5.41, 5.74) is 3.27. The van der Waals surface area contributed by atoms with Crippen LogP contribution in [0, 0.1) is 0 Å². The van der Waals surface area contributed by atoms with E-state index in [1.165, 1.54) is 5.56 Å². The molecule has 0 aliphatic heterocycles. The molecule has 1 heterocycles. The number of rotatable bonds is 5. The number of aromatic nitrogens is 1. The van der Waals surface area contributed by atoms with Crippen LogP contribution in [0.25, 0.3) is 0 Å². The highest BCUT2D eigenvalue weighted by molar-refractivity contribution is 9.10. The van der Waals surface area contributed by atoms with Crippen LogP contribution in [-0.4, -0.2) is 15.0 Å². The first kappa shape index (κ1) is 19.0. The topological polar surface area (TPSA) is 28.2 Å². The van der Waals surface area contributed by atoms with Gasteiger partial charge in [0, 0.05) is 40.1 Å². The van der Waals surface area contributed by atoms with Gasteiger partial charge in [0.15, 0.2) is 5.11 Å². The van der Waals surface area contributed by atoms with E-state index in [0.29, 0.717) is 18.2 Å². The van der Waals surface area contributed by atoms with Crippen LogP contribution < -0.4 is 5.32 Å². The molecule has 0 aliphatic rings. The quantitative estimate of drug-likeness (QED) is 0.443. The van der Waals surface area contributed by atoms with E-state index in [2.05, 4.69) is 65.3 Å². The number of pyridine rings is 1. The van der Waals surface area contributed by atoms with E-state index in [9.17, 15) is 0 Å². The molecule has 0 atom stereocenters. The molecule has 2 aromatic carbocycles. The van der Waals surface area contributed by atoms with E-state index in [4.69, 9.17) is 12.2 Å². The Hall–Kier alpha value is -1.76. The molecule has 0 fully saturated rings.